The lowest BCUT2D eigenvalue weighted by atomic mass is 9.98. The third-order valence-electron chi connectivity index (χ3n) is 4.90. The highest BCUT2D eigenvalue weighted by Gasteiger charge is 2.36. The summed E-state index contributed by atoms with van der Waals surface area (Å²) in [6, 6.07) is 1.19. The molecule has 0 spiro atoms. The number of rotatable bonds is 7. The fourth-order valence-electron chi connectivity index (χ4n) is 3.30. The Bertz CT molecular complexity index is 1190. The van der Waals surface area contributed by atoms with Gasteiger partial charge in [0.25, 0.3) is 0 Å². The summed E-state index contributed by atoms with van der Waals surface area (Å²) in [5.41, 5.74) is -0.268. The Labute approximate surface area is 197 Å². The molecule has 13 heteroatoms. The van der Waals surface area contributed by atoms with Crippen molar-refractivity contribution in [3.63, 3.8) is 0 Å². The van der Waals surface area contributed by atoms with Crippen molar-refractivity contribution in [2.45, 2.75) is 44.6 Å². The Kier molecular flexibility index (Phi) is 7.51. The maximum atomic E-state index is 13.3. The van der Waals surface area contributed by atoms with Crippen molar-refractivity contribution in [2.24, 2.45) is 0 Å². The van der Waals surface area contributed by atoms with E-state index in [1.54, 1.807) is 17.8 Å². The molecule has 3 rings (SSSR count). The van der Waals surface area contributed by atoms with Crippen LogP contribution in [0.1, 0.15) is 42.3 Å². The van der Waals surface area contributed by atoms with Crippen LogP contribution in [-0.2, 0) is 22.3 Å². The molecule has 0 aliphatic carbocycles. The van der Waals surface area contributed by atoms with E-state index in [-0.39, 0.29) is 39.8 Å². The van der Waals surface area contributed by atoms with E-state index in [1.165, 1.54) is 13.1 Å². The van der Waals surface area contributed by atoms with Crippen LogP contribution in [0.5, 0.6) is 0 Å². The number of hydrogen-bond acceptors (Lipinski definition) is 7. The highest BCUT2D eigenvalue weighted by molar-refractivity contribution is 7.99. The number of nitrogens with one attached hydrogen (secondary N) is 2. The molecular formula is C21H21F3N6O3S. The Morgan fingerprint density at radius 1 is 1.38 bits per heavy atom. The van der Waals surface area contributed by atoms with Gasteiger partial charge in [-0.25, -0.2) is 14.6 Å². The van der Waals surface area contributed by atoms with Crippen molar-refractivity contribution in [3.8, 4) is 6.07 Å². The first kappa shape index (κ1) is 25.1. The molecular weight excluding hydrogens is 473 g/mol. The molecule has 1 aliphatic heterocycles. The second kappa shape index (κ2) is 10.2. The van der Waals surface area contributed by atoms with Gasteiger partial charge < -0.3 is 15.4 Å². The standard InChI is InChI=1S/C21H21F3N6O3S/c1-4-30-9-12(8-26-30)17-16(19(31)33-5-2)14(27-20(32)29-17)10-34-18-13(7-25)11(3)6-15(28-18)21(22,23)24/h6,8-9,17H,4-5,10H2,1-3H3,(H2,27,29,32)/t17-/m0/s1. The first-order chi connectivity index (χ1) is 16.1. The van der Waals surface area contributed by atoms with Gasteiger partial charge in [0, 0.05) is 29.8 Å². The van der Waals surface area contributed by atoms with Crippen molar-refractivity contribution < 1.29 is 27.5 Å². The third kappa shape index (κ3) is 5.33. The van der Waals surface area contributed by atoms with Gasteiger partial charge in [0.15, 0.2) is 0 Å². The normalized spacial score (nSPS) is 16.0. The number of halogens is 3. The van der Waals surface area contributed by atoms with Crippen LogP contribution in [-0.4, -0.2) is 39.1 Å². The van der Waals surface area contributed by atoms with Crippen LogP contribution in [0, 0.1) is 18.3 Å². The summed E-state index contributed by atoms with van der Waals surface area (Å²) in [4.78, 5) is 28.8. The summed E-state index contributed by atoms with van der Waals surface area (Å²) < 4.78 is 46.6. The van der Waals surface area contributed by atoms with Crippen molar-refractivity contribution in [1.82, 2.24) is 25.4 Å². The summed E-state index contributed by atoms with van der Waals surface area (Å²) in [6.45, 7) is 5.53. The van der Waals surface area contributed by atoms with Gasteiger partial charge in [-0.15, -0.1) is 0 Å². The topological polar surface area (TPSA) is 122 Å². The average Bonchev–Trinajstić information content (AvgIpc) is 3.25. The summed E-state index contributed by atoms with van der Waals surface area (Å²) in [6.07, 6.45) is -1.52. The smallest absolute Gasteiger partial charge is 0.433 e. The molecule has 2 N–H and O–H groups in total. The maximum Gasteiger partial charge on any atom is 0.433 e. The van der Waals surface area contributed by atoms with E-state index in [4.69, 9.17) is 4.74 Å². The van der Waals surface area contributed by atoms with Crippen molar-refractivity contribution in [3.05, 3.63) is 52.1 Å². The van der Waals surface area contributed by atoms with Crippen LogP contribution in [0.25, 0.3) is 0 Å². The van der Waals surface area contributed by atoms with Crippen LogP contribution in [0.2, 0.25) is 0 Å². The number of aromatic nitrogens is 3. The summed E-state index contributed by atoms with van der Waals surface area (Å²) in [7, 11) is 0. The molecule has 0 saturated heterocycles. The van der Waals surface area contributed by atoms with E-state index in [1.807, 2.05) is 13.0 Å². The number of hydrogen-bond donors (Lipinski definition) is 2. The quantitative estimate of drug-likeness (QED) is 0.447. The molecule has 0 saturated carbocycles. The van der Waals surface area contributed by atoms with Crippen LogP contribution in [0.15, 0.2) is 34.8 Å². The Balaban J connectivity index is 2.04. The predicted molar refractivity (Wildman–Crippen MR) is 115 cm³/mol. The minimum Gasteiger partial charge on any atom is -0.463 e. The zero-order valence-corrected chi connectivity index (χ0v) is 19.3. The van der Waals surface area contributed by atoms with Crippen molar-refractivity contribution >= 4 is 23.8 Å². The molecule has 0 radical (unpaired) electrons. The summed E-state index contributed by atoms with van der Waals surface area (Å²) in [5.74, 6) is -0.837. The molecule has 2 amide bonds. The number of esters is 1. The Morgan fingerprint density at radius 3 is 2.71 bits per heavy atom. The second-order valence-electron chi connectivity index (χ2n) is 7.18. The fraction of sp³-hybridized carbons (Fsp3) is 0.381. The molecule has 3 heterocycles. The number of carbonyl (C=O) groups excluding carboxylic acids is 2. The molecule has 1 aliphatic rings. The van der Waals surface area contributed by atoms with E-state index >= 15 is 0 Å². The number of nitrogens with zero attached hydrogens (tertiary/aromatic N) is 4. The van der Waals surface area contributed by atoms with Crippen molar-refractivity contribution in [1.29, 1.82) is 5.26 Å². The third-order valence-corrected chi connectivity index (χ3v) is 5.90. The Hall–Kier alpha value is -3.53. The zero-order valence-electron chi connectivity index (χ0n) is 18.5. The number of carbonyl (C=O) groups is 2. The molecule has 2 aromatic heterocycles. The minimum absolute atomic E-state index is 0.0164. The number of amides is 2. The summed E-state index contributed by atoms with van der Waals surface area (Å²) in [5, 5.41) is 18.7. The van der Waals surface area contributed by atoms with Crippen LogP contribution >= 0.6 is 11.8 Å². The zero-order chi connectivity index (χ0) is 25.0. The molecule has 9 nitrogen and oxygen atoms in total. The second-order valence-corrected chi connectivity index (χ2v) is 8.14. The number of aryl methyl sites for hydroxylation is 2. The highest BCUT2D eigenvalue weighted by atomic mass is 32.2. The lowest BCUT2D eigenvalue weighted by Crippen LogP contribution is -2.46. The SMILES string of the molecule is CCOC(=O)C1=C(CSc2nc(C(F)(F)F)cc(C)c2C#N)NC(=O)N[C@H]1c1cnn(CC)c1. The number of pyridine rings is 1. The van der Waals surface area contributed by atoms with E-state index in [2.05, 4.69) is 20.7 Å². The van der Waals surface area contributed by atoms with Gasteiger partial charge in [0.05, 0.1) is 30.0 Å². The molecule has 0 aromatic carbocycles. The first-order valence-corrected chi connectivity index (χ1v) is 11.2. The molecule has 180 valence electrons. The van der Waals surface area contributed by atoms with Gasteiger partial charge in [-0.2, -0.15) is 23.5 Å². The number of alkyl halides is 3. The highest BCUT2D eigenvalue weighted by Crippen LogP contribution is 2.35. The lowest BCUT2D eigenvalue weighted by Gasteiger charge is -2.28. The minimum atomic E-state index is -4.70. The Morgan fingerprint density at radius 2 is 2.12 bits per heavy atom. The fourth-order valence-corrected chi connectivity index (χ4v) is 4.33. The lowest BCUT2D eigenvalue weighted by molar-refractivity contribution is -0.141. The van der Waals surface area contributed by atoms with Gasteiger partial charge in [-0.3, -0.25) is 4.68 Å². The van der Waals surface area contributed by atoms with Gasteiger partial charge >= 0.3 is 18.2 Å². The molecule has 0 unspecified atom stereocenters. The molecule has 34 heavy (non-hydrogen) atoms. The van der Waals surface area contributed by atoms with Crippen LogP contribution < -0.4 is 10.6 Å². The average molecular weight is 494 g/mol. The van der Waals surface area contributed by atoms with Gasteiger partial charge in [-0.05, 0) is 32.4 Å². The first-order valence-electron chi connectivity index (χ1n) is 10.2. The molecule has 1 atom stereocenters. The summed E-state index contributed by atoms with van der Waals surface area (Å²) >= 11 is 0.808. The van der Waals surface area contributed by atoms with E-state index < -0.39 is 29.9 Å². The number of ether oxygens (including phenoxy) is 1. The number of thioether (sulfide) groups is 1. The van der Waals surface area contributed by atoms with Crippen LogP contribution in [0.3, 0.4) is 0 Å². The number of urea groups is 1. The molecule has 0 fully saturated rings. The van der Waals surface area contributed by atoms with Gasteiger partial charge in [-0.1, -0.05) is 11.8 Å². The van der Waals surface area contributed by atoms with Gasteiger partial charge in [0.1, 0.15) is 16.8 Å². The van der Waals surface area contributed by atoms with E-state index in [0.29, 0.717) is 12.1 Å². The maximum absolute atomic E-state index is 13.3. The molecule has 2 aromatic rings. The van der Waals surface area contributed by atoms with Crippen LogP contribution in [0.4, 0.5) is 18.0 Å². The predicted octanol–water partition coefficient (Wildman–Crippen LogP) is 3.46. The van der Waals surface area contributed by atoms with E-state index in [9.17, 15) is 28.0 Å². The molecule has 0 bridgehead atoms. The largest absolute Gasteiger partial charge is 0.463 e. The number of nitriles is 1. The van der Waals surface area contributed by atoms with E-state index in [0.717, 1.165) is 17.8 Å². The van der Waals surface area contributed by atoms with Gasteiger partial charge in [0.2, 0.25) is 0 Å². The van der Waals surface area contributed by atoms with Crippen molar-refractivity contribution in [2.75, 3.05) is 12.4 Å². The monoisotopic (exact) mass is 494 g/mol.